The van der Waals surface area contributed by atoms with Gasteiger partial charge in [-0.25, -0.2) is 0 Å². The molecule has 0 bridgehead atoms. The van der Waals surface area contributed by atoms with Crippen LogP contribution in [0.3, 0.4) is 0 Å². The Morgan fingerprint density at radius 2 is 0.804 bits per heavy atom. The van der Waals surface area contributed by atoms with Crippen molar-refractivity contribution >= 4 is 32.3 Å². The Kier molecular flexibility index (Phi) is 6.53. The van der Waals surface area contributed by atoms with Crippen molar-refractivity contribution < 1.29 is 0 Å². The third-order valence-corrected chi connectivity index (χ3v) is 8.59. The van der Waals surface area contributed by atoms with Crippen LogP contribution in [0.15, 0.2) is 146 Å². The Hall–Kier alpha value is -6.62. The summed E-state index contributed by atoms with van der Waals surface area (Å²) in [5.41, 5.74) is 9.40. The van der Waals surface area contributed by atoms with Crippen LogP contribution < -0.4 is 0 Å². The van der Waals surface area contributed by atoms with Crippen molar-refractivity contribution in [3.05, 3.63) is 157 Å². The lowest BCUT2D eigenvalue weighted by Gasteiger charge is -2.19. The highest BCUT2D eigenvalue weighted by Crippen LogP contribution is 2.46. The fraction of sp³-hybridized carbons (Fsp3) is 0. The highest BCUT2D eigenvalue weighted by Gasteiger charge is 2.18. The average Bonchev–Trinajstić information content (AvgIpc) is 3.13. The van der Waals surface area contributed by atoms with Crippen molar-refractivity contribution in [3.63, 3.8) is 0 Å². The van der Waals surface area contributed by atoms with E-state index in [1.807, 2.05) is 24.5 Å². The summed E-state index contributed by atoms with van der Waals surface area (Å²) in [5, 5.41) is 25.9. The van der Waals surface area contributed by atoms with Gasteiger partial charge in [0.2, 0.25) is 0 Å². The van der Waals surface area contributed by atoms with Gasteiger partial charge in [0.15, 0.2) is 0 Å². The van der Waals surface area contributed by atoms with E-state index in [0.717, 1.165) is 66.1 Å². The van der Waals surface area contributed by atoms with Gasteiger partial charge < -0.3 is 0 Å². The molecule has 0 amide bonds. The topological polar surface area (TPSA) is 73.4 Å². The molecule has 0 N–H and O–H groups in total. The third kappa shape index (κ3) is 4.63. The van der Waals surface area contributed by atoms with E-state index in [0.29, 0.717) is 11.1 Å². The van der Waals surface area contributed by atoms with Crippen LogP contribution in [0.4, 0.5) is 0 Å². The van der Waals surface area contributed by atoms with Crippen LogP contribution in [0.1, 0.15) is 11.1 Å². The summed E-state index contributed by atoms with van der Waals surface area (Å²) in [5.74, 6) is 0. The number of hydrogen-bond acceptors (Lipinski definition) is 4. The van der Waals surface area contributed by atoms with E-state index >= 15 is 0 Å². The molecule has 0 radical (unpaired) electrons. The summed E-state index contributed by atoms with van der Waals surface area (Å²) >= 11 is 0. The molecule has 0 atom stereocenters. The van der Waals surface area contributed by atoms with Crippen LogP contribution in [0, 0.1) is 22.7 Å². The Balaban J connectivity index is 1.44. The molecule has 0 unspecified atom stereocenters. The summed E-state index contributed by atoms with van der Waals surface area (Å²) in [6, 6.07) is 46.9. The van der Waals surface area contributed by atoms with E-state index in [1.165, 1.54) is 10.8 Å². The zero-order valence-electron chi connectivity index (χ0n) is 24.6. The fourth-order valence-corrected chi connectivity index (χ4v) is 6.51. The minimum Gasteiger partial charge on any atom is -0.263 e. The second-order valence-corrected chi connectivity index (χ2v) is 11.4. The molecule has 0 aliphatic carbocycles. The van der Waals surface area contributed by atoms with E-state index in [9.17, 15) is 10.5 Å². The molecule has 4 heteroatoms. The van der Waals surface area contributed by atoms with Crippen LogP contribution in [0.2, 0.25) is 0 Å². The van der Waals surface area contributed by atoms with E-state index < -0.39 is 0 Å². The first-order chi connectivity index (χ1) is 22.7. The molecule has 0 aliphatic heterocycles. The first-order valence-corrected chi connectivity index (χ1v) is 15.0. The van der Waals surface area contributed by atoms with Crippen molar-refractivity contribution in [3.8, 4) is 56.6 Å². The van der Waals surface area contributed by atoms with E-state index in [2.05, 4.69) is 131 Å². The number of benzene rings is 6. The Labute approximate surface area is 266 Å². The molecule has 0 saturated carbocycles. The van der Waals surface area contributed by atoms with Gasteiger partial charge in [0.25, 0.3) is 0 Å². The molecule has 46 heavy (non-hydrogen) atoms. The van der Waals surface area contributed by atoms with Crippen molar-refractivity contribution in [2.75, 3.05) is 0 Å². The fourth-order valence-electron chi connectivity index (χ4n) is 6.51. The van der Waals surface area contributed by atoms with Gasteiger partial charge in [0.05, 0.1) is 11.1 Å². The molecule has 0 aliphatic rings. The first-order valence-electron chi connectivity index (χ1n) is 15.0. The van der Waals surface area contributed by atoms with Gasteiger partial charge in [-0.05, 0) is 102 Å². The minimum atomic E-state index is 0.534. The highest BCUT2D eigenvalue weighted by atomic mass is 14.6. The molecular weight excluding hydrogens is 560 g/mol. The summed E-state index contributed by atoms with van der Waals surface area (Å²) in [6.07, 6.45) is 6.79. The van der Waals surface area contributed by atoms with Crippen LogP contribution >= 0.6 is 0 Å². The number of fused-ring (bicyclic) bond motifs is 3. The lowest BCUT2D eigenvalue weighted by atomic mass is 9.84. The predicted octanol–water partition coefficient (Wildman–Crippen LogP) is 10.3. The number of hydrogen-bond donors (Lipinski definition) is 0. The molecule has 0 spiro atoms. The standard InChI is InChI=1S/C42H24N4/c43-21-27-15-35(25-45-23-27)29-9-5-11-33(17-29)41-37-13-3-4-14-38(37)42(40-20-32-8-2-1-7-31(32)19-39(40)41)34-12-6-10-30(18-34)36-16-28(22-44)24-46-26-36/h1-20,23-26H. The Morgan fingerprint density at radius 1 is 0.370 bits per heavy atom. The number of nitriles is 2. The van der Waals surface area contributed by atoms with Gasteiger partial charge in [-0.3, -0.25) is 9.97 Å². The number of nitrogens with zero attached hydrogens (tertiary/aromatic N) is 4. The van der Waals surface area contributed by atoms with Gasteiger partial charge in [0, 0.05) is 35.9 Å². The SMILES string of the molecule is N#Cc1cncc(-c2cccc(-c3c4ccccc4c(-c4cccc(-c5cncc(C#N)c5)c4)c4cc5ccccc5cc34)c2)c1. The maximum Gasteiger partial charge on any atom is 0.101 e. The smallest absolute Gasteiger partial charge is 0.101 e. The molecule has 4 nitrogen and oxygen atoms in total. The monoisotopic (exact) mass is 584 g/mol. The Morgan fingerprint density at radius 3 is 1.26 bits per heavy atom. The van der Waals surface area contributed by atoms with Crippen molar-refractivity contribution in [2.24, 2.45) is 0 Å². The predicted molar refractivity (Wildman–Crippen MR) is 186 cm³/mol. The maximum absolute atomic E-state index is 9.48. The quantitative estimate of drug-likeness (QED) is 0.193. The molecule has 2 aromatic heterocycles. The molecular formula is C42H24N4. The van der Waals surface area contributed by atoms with Crippen molar-refractivity contribution in [1.29, 1.82) is 10.5 Å². The normalized spacial score (nSPS) is 11.0. The maximum atomic E-state index is 9.48. The highest BCUT2D eigenvalue weighted by molar-refractivity contribution is 6.23. The molecule has 212 valence electrons. The number of pyridine rings is 2. The summed E-state index contributed by atoms with van der Waals surface area (Å²) in [4.78, 5) is 8.62. The summed E-state index contributed by atoms with van der Waals surface area (Å²) < 4.78 is 0. The average molecular weight is 585 g/mol. The molecule has 2 heterocycles. The van der Waals surface area contributed by atoms with Gasteiger partial charge in [0.1, 0.15) is 12.1 Å². The van der Waals surface area contributed by atoms with Crippen LogP contribution in [-0.4, -0.2) is 9.97 Å². The van der Waals surface area contributed by atoms with Gasteiger partial charge in [-0.1, -0.05) is 84.9 Å². The Bertz CT molecular complexity index is 2390. The largest absolute Gasteiger partial charge is 0.263 e. The van der Waals surface area contributed by atoms with Gasteiger partial charge >= 0.3 is 0 Å². The molecule has 8 aromatic rings. The first kappa shape index (κ1) is 27.0. The summed E-state index contributed by atoms with van der Waals surface area (Å²) in [6.45, 7) is 0. The van der Waals surface area contributed by atoms with Gasteiger partial charge in [-0.15, -0.1) is 0 Å². The number of rotatable bonds is 4. The van der Waals surface area contributed by atoms with Crippen molar-refractivity contribution in [1.82, 2.24) is 9.97 Å². The van der Waals surface area contributed by atoms with E-state index in [1.54, 1.807) is 12.4 Å². The third-order valence-electron chi connectivity index (χ3n) is 8.59. The minimum absolute atomic E-state index is 0.534. The van der Waals surface area contributed by atoms with Crippen molar-refractivity contribution in [2.45, 2.75) is 0 Å². The van der Waals surface area contributed by atoms with Gasteiger partial charge in [-0.2, -0.15) is 10.5 Å². The lowest BCUT2D eigenvalue weighted by molar-refractivity contribution is 1.30. The number of aromatic nitrogens is 2. The lowest BCUT2D eigenvalue weighted by Crippen LogP contribution is -1.92. The summed E-state index contributed by atoms with van der Waals surface area (Å²) in [7, 11) is 0. The van der Waals surface area contributed by atoms with Crippen LogP contribution in [0.25, 0.3) is 76.8 Å². The molecule has 6 aromatic carbocycles. The molecule has 0 saturated heterocycles. The zero-order chi connectivity index (χ0) is 31.0. The van der Waals surface area contributed by atoms with E-state index in [-0.39, 0.29) is 0 Å². The molecule has 8 rings (SSSR count). The van der Waals surface area contributed by atoms with E-state index in [4.69, 9.17) is 0 Å². The molecule has 0 fully saturated rings. The van der Waals surface area contributed by atoms with Crippen LogP contribution in [0.5, 0.6) is 0 Å². The second-order valence-electron chi connectivity index (χ2n) is 11.4. The zero-order valence-corrected chi connectivity index (χ0v) is 24.6. The second kappa shape index (κ2) is 11.1. The van der Waals surface area contributed by atoms with Crippen LogP contribution in [-0.2, 0) is 0 Å².